The number of alkyl halides is 1. The van der Waals surface area contributed by atoms with Gasteiger partial charge in [0.2, 0.25) is 0 Å². The predicted octanol–water partition coefficient (Wildman–Crippen LogP) is 6.10. The first-order chi connectivity index (χ1) is 8.99. The smallest absolute Gasteiger partial charge is 0.143 e. The van der Waals surface area contributed by atoms with Crippen LogP contribution in [0.25, 0.3) is 0 Å². The van der Waals surface area contributed by atoms with Gasteiger partial charge in [0.1, 0.15) is 11.6 Å². The van der Waals surface area contributed by atoms with E-state index in [9.17, 15) is 8.78 Å². The first-order valence-electron chi connectivity index (χ1n) is 6.68. The molecule has 1 rings (SSSR count). The summed E-state index contributed by atoms with van der Waals surface area (Å²) in [7, 11) is 0. The van der Waals surface area contributed by atoms with Crippen molar-refractivity contribution in [1.29, 1.82) is 0 Å². The van der Waals surface area contributed by atoms with Gasteiger partial charge in [-0.2, -0.15) is 0 Å². The van der Waals surface area contributed by atoms with Crippen molar-refractivity contribution in [3.05, 3.63) is 33.8 Å². The Hall–Kier alpha value is -0.150. The van der Waals surface area contributed by atoms with Crippen LogP contribution in [0.15, 0.2) is 16.6 Å². The van der Waals surface area contributed by atoms with Gasteiger partial charge in [-0.3, -0.25) is 0 Å². The maximum absolute atomic E-state index is 14.1. The molecule has 0 nitrogen and oxygen atoms in total. The summed E-state index contributed by atoms with van der Waals surface area (Å²) in [4.78, 5) is 0. The van der Waals surface area contributed by atoms with Crippen LogP contribution in [0.3, 0.4) is 0 Å². The van der Waals surface area contributed by atoms with Gasteiger partial charge < -0.3 is 0 Å². The number of halogens is 4. The molecule has 0 aliphatic heterocycles. The molecule has 0 fully saturated rings. The third-order valence-corrected chi connectivity index (χ3v) is 4.96. The Labute approximate surface area is 127 Å². The van der Waals surface area contributed by atoms with E-state index in [1.165, 1.54) is 12.1 Å². The van der Waals surface area contributed by atoms with E-state index in [-0.39, 0.29) is 11.0 Å². The minimum atomic E-state index is -0.501. The van der Waals surface area contributed by atoms with Crippen molar-refractivity contribution < 1.29 is 8.78 Å². The zero-order valence-corrected chi connectivity index (χ0v) is 13.8. The molecule has 0 N–H and O–H groups in total. The van der Waals surface area contributed by atoms with Gasteiger partial charge in [-0.15, -0.1) is 11.6 Å². The number of hydrogen-bond acceptors (Lipinski definition) is 0. The maximum atomic E-state index is 14.1. The van der Waals surface area contributed by atoms with E-state index in [1.807, 2.05) is 6.92 Å². The van der Waals surface area contributed by atoms with Crippen LogP contribution < -0.4 is 0 Å². The summed E-state index contributed by atoms with van der Waals surface area (Å²) < 4.78 is 28.2. The van der Waals surface area contributed by atoms with Crippen molar-refractivity contribution in [3.8, 4) is 0 Å². The normalized spacial score (nSPS) is 14.4. The highest BCUT2D eigenvalue weighted by Gasteiger charge is 2.30. The summed E-state index contributed by atoms with van der Waals surface area (Å²) in [5.74, 6) is -0.561. The minimum absolute atomic E-state index is 0.146. The third kappa shape index (κ3) is 4.16. The molecule has 4 heteroatoms. The fourth-order valence-electron chi connectivity index (χ4n) is 2.26. The molecular formula is C15H20BrClF2. The van der Waals surface area contributed by atoms with Crippen LogP contribution in [0.2, 0.25) is 0 Å². The highest BCUT2D eigenvalue weighted by atomic mass is 79.9. The molecule has 19 heavy (non-hydrogen) atoms. The lowest BCUT2D eigenvalue weighted by molar-refractivity contribution is 0.271. The minimum Gasteiger partial charge on any atom is -0.207 e. The summed E-state index contributed by atoms with van der Waals surface area (Å²) in [6.07, 6.45) is 4.15. The second kappa shape index (κ2) is 7.58. The molecule has 0 saturated carbocycles. The molecule has 1 atom stereocenters. The van der Waals surface area contributed by atoms with Crippen LogP contribution in [0.4, 0.5) is 8.78 Å². The first-order valence-corrected chi connectivity index (χ1v) is 8.00. The van der Waals surface area contributed by atoms with E-state index in [2.05, 4.69) is 22.9 Å². The Morgan fingerprint density at radius 3 is 2.47 bits per heavy atom. The Balaban J connectivity index is 3.06. The quantitative estimate of drug-likeness (QED) is 0.410. The molecule has 0 aliphatic rings. The molecule has 0 aromatic heterocycles. The molecule has 1 aromatic rings. The molecule has 0 bridgehead atoms. The lowest BCUT2D eigenvalue weighted by Gasteiger charge is -2.31. The summed E-state index contributed by atoms with van der Waals surface area (Å²) >= 11 is 9.21. The van der Waals surface area contributed by atoms with Crippen molar-refractivity contribution in [2.75, 3.05) is 5.88 Å². The zero-order chi connectivity index (χ0) is 14.5. The van der Waals surface area contributed by atoms with E-state index < -0.39 is 11.6 Å². The van der Waals surface area contributed by atoms with Gasteiger partial charge >= 0.3 is 0 Å². The largest absolute Gasteiger partial charge is 0.207 e. The summed E-state index contributed by atoms with van der Waals surface area (Å²) in [6, 6.07) is 2.70. The molecule has 1 aromatic carbocycles. The number of benzene rings is 1. The average molecular weight is 354 g/mol. The second-order valence-corrected chi connectivity index (χ2v) is 6.21. The molecule has 0 radical (unpaired) electrons. The van der Waals surface area contributed by atoms with Gasteiger partial charge in [-0.1, -0.05) is 26.7 Å². The second-order valence-electron chi connectivity index (χ2n) is 5.09. The zero-order valence-electron chi connectivity index (χ0n) is 11.4. The van der Waals surface area contributed by atoms with E-state index in [4.69, 9.17) is 11.6 Å². The Bertz CT molecular complexity index is 417. The fraction of sp³-hybridized carbons (Fsp3) is 0.600. The van der Waals surface area contributed by atoms with Gasteiger partial charge in [0.05, 0.1) is 4.47 Å². The Morgan fingerprint density at radius 1 is 1.26 bits per heavy atom. The van der Waals surface area contributed by atoms with Gasteiger partial charge in [0.15, 0.2) is 0 Å². The molecule has 0 amide bonds. The average Bonchev–Trinajstić information content (AvgIpc) is 2.43. The molecule has 108 valence electrons. The van der Waals surface area contributed by atoms with Gasteiger partial charge in [0.25, 0.3) is 0 Å². The van der Waals surface area contributed by atoms with E-state index in [0.717, 1.165) is 25.7 Å². The Morgan fingerprint density at radius 2 is 1.95 bits per heavy atom. The third-order valence-electron chi connectivity index (χ3n) is 3.78. The SMILES string of the molecule is CCCCC(CC)(CCl)Cc1c(F)ccc(Br)c1F. The van der Waals surface area contributed by atoms with Crippen molar-refractivity contribution >= 4 is 27.5 Å². The molecule has 0 saturated heterocycles. The molecule has 0 aliphatic carbocycles. The summed E-state index contributed by atoms with van der Waals surface area (Å²) in [6.45, 7) is 4.14. The van der Waals surface area contributed by atoms with Crippen LogP contribution in [0.1, 0.15) is 45.1 Å². The number of rotatable bonds is 7. The molecule has 0 spiro atoms. The number of unbranched alkanes of at least 4 members (excludes halogenated alkanes) is 1. The van der Waals surface area contributed by atoms with Crippen LogP contribution in [-0.2, 0) is 6.42 Å². The highest BCUT2D eigenvalue weighted by molar-refractivity contribution is 9.10. The van der Waals surface area contributed by atoms with Crippen molar-refractivity contribution in [2.45, 2.75) is 46.0 Å². The van der Waals surface area contributed by atoms with Gasteiger partial charge in [-0.25, -0.2) is 8.78 Å². The van der Waals surface area contributed by atoms with E-state index in [0.29, 0.717) is 16.8 Å². The lowest BCUT2D eigenvalue weighted by Crippen LogP contribution is -2.26. The predicted molar refractivity (Wildman–Crippen MR) is 80.7 cm³/mol. The van der Waals surface area contributed by atoms with Gasteiger partial charge in [0, 0.05) is 11.4 Å². The van der Waals surface area contributed by atoms with Crippen LogP contribution in [0.5, 0.6) is 0 Å². The summed E-state index contributed by atoms with van der Waals surface area (Å²) in [5, 5.41) is 0. The lowest BCUT2D eigenvalue weighted by atomic mass is 9.76. The van der Waals surface area contributed by atoms with Crippen LogP contribution >= 0.6 is 27.5 Å². The highest BCUT2D eigenvalue weighted by Crippen LogP contribution is 2.36. The standard InChI is InChI=1S/C15H20BrClF2/c1-3-5-8-15(4-2,10-17)9-11-13(18)7-6-12(16)14(11)19/h6-7H,3-5,8-10H2,1-2H3. The molecule has 0 heterocycles. The topological polar surface area (TPSA) is 0 Å². The van der Waals surface area contributed by atoms with E-state index >= 15 is 0 Å². The molecule has 1 unspecified atom stereocenters. The fourth-order valence-corrected chi connectivity index (χ4v) is 3.05. The van der Waals surface area contributed by atoms with Crippen molar-refractivity contribution in [1.82, 2.24) is 0 Å². The van der Waals surface area contributed by atoms with Crippen molar-refractivity contribution in [3.63, 3.8) is 0 Å². The monoisotopic (exact) mass is 352 g/mol. The summed E-state index contributed by atoms with van der Waals surface area (Å²) in [5.41, 5.74) is -0.0759. The van der Waals surface area contributed by atoms with Gasteiger partial charge in [-0.05, 0) is 52.7 Å². The van der Waals surface area contributed by atoms with Crippen LogP contribution in [0, 0.1) is 17.0 Å². The van der Waals surface area contributed by atoms with Crippen molar-refractivity contribution in [2.24, 2.45) is 5.41 Å². The molecular weight excluding hydrogens is 334 g/mol. The maximum Gasteiger partial charge on any atom is 0.143 e. The van der Waals surface area contributed by atoms with E-state index in [1.54, 1.807) is 0 Å². The van der Waals surface area contributed by atoms with Crippen LogP contribution in [-0.4, -0.2) is 5.88 Å². The number of hydrogen-bond donors (Lipinski definition) is 0. The Kier molecular flexibility index (Phi) is 6.75. The first kappa shape index (κ1) is 16.9.